The summed E-state index contributed by atoms with van der Waals surface area (Å²) in [5.74, 6) is -0.656. The Morgan fingerprint density at radius 3 is 2.94 bits per heavy atom. The fraction of sp³-hybridized carbons (Fsp3) is 0.154. The van der Waals surface area contributed by atoms with Crippen LogP contribution in [0.25, 0.3) is 10.9 Å². The van der Waals surface area contributed by atoms with Crippen LogP contribution < -0.4 is 0 Å². The monoisotopic (exact) mass is 244 g/mol. The van der Waals surface area contributed by atoms with Gasteiger partial charge in [0.15, 0.2) is 5.71 Å². The van der Waals surface area contributed by atoms with Crippen LogP contribution in [0.15, 0.2) is 41.7 Å². The van der Waals surface area contributed by atoms with Crippen LogP contribution >= 0.6 is 0 Å². The number of ether oxygens (including phenoxy) is 1. The normalized spacial score (nSPS) is 11.5. The number of nitrogens with zero attached hydrogens (tertiary/aromatic N) is 2. The molecular weight excluding hydrogens is 232 g/mol. The second kappa shape index (κ2) is 5.27. The highest BCUT2D eigenvalue weighted by atomic mass is 16.5. The van der Waals surface area contributed by atoms with Gasteiger partial charge in [-0.15, -0.1) is 0 Å². The predicted octanol–water partition coefficient (Wildman–Crippen LogP) is 1.98. The fourth-order valence-electron chi connectivity index (χ4n) is 1.71. The van der Waals surface area contributed by atoms with E-state index in [4.69, 9.17) is 9.94 Å². The van der Waals surface area contributed by atoms with Gasteiger partial charge in [-0.1, -0.05) is 23.4 Å². The van der Waals surface area contributed by atoms with E-state index >= 15 is 0 Å². The molecule has 0 fully saturated rings. The molecule has 0 atom stereocenters. The molecule has 0 aliphatic heterocycles. The molecule has 5 nitrogen and oxygen atoms in total. The van der Waals surface area contributed by atoms with Crippen LogP contribution in [-0.4, -0.2) is 28.5 Å². The number of benzene rings is 1. The average Bonchev–Trinajstić information content (AvgIpc) is 2.40. The molecular formula is C13H12N2O3. The van der Waals surface area contributed by atoms with Gasteiger partial charge < -0.3 is 9.94 Å². The zero-order valence-corrected chi connectivity index (χ0v) is 9.83. The topological polar surface area (TPSA) is 71.8 Å². The van der Waals surface area contributed by atoms with Crippen LogP contribution in [0, 0.1) is 0 Å². The molecule has 0 spiro atoms. The van der Waals surface area contributed by atoms with Crippen LogP contribution in [0.4, 0.5) is 0 Å². The molecule has 1 aromatic carbocycles. The lowest BCUT2D eigenvalue weighted by Crippen LogP contribution is -2.19. The highest BCUT2D eigenvalue weighted by Gasteiger charge is 2.18. The highest BCUT2D eigenvalue weighted by molar-refractivity contribution is 6.45. The van der Waals surface area contributed by atoms with Crippen LogP contribution in [0.1, 0.15) is 12.5 Å². The van der Waals surface area contributed by atoms with Crippen molar-refractivity contribution in [3.8, 4) is 0 Å². The molecule has 1 heterocycles. The van der Waals surface area contributed by atoms with Gasteiger partial charge in [0, 0.05) is 17.1 Å². The molecule has 1 aromatic heterocycles. The standard InChI is InChI=1S/C13H12N2O3/c1-2-18-13(16)12(15-17)10-5-3-7-11-9(10)6-4-8-14-11/h3-8,17H,2H2,1H3/b15-12+. The van der Waals surface area contributed by atoms with Crippen molar-refractivity contribution in [1.82, 2.24) is 4.98 Å². The number of fused-ring (bicyclic) bond motifs is 1. The molecule has 0 aliphatic carbocycles. The molecule has 0 radical (unpaired) electrons. The summed E-state index contributed by atoms with van der Waals surface area (Å²) >= 11 is 0. The average molecular weight is 244 g/mol. The van der Waals surface area contributed by atoms with Gasteiger partial charge >= 0.3 is 5.97 Å². The summed E-state index contributed by atoms with van der Waals surface area (Å²) in [6, 6.07) is 8.82. The summed E-state index contributed by atoms with van der Waals surface area (Å²) in [6.45, 7) is 1.92. The number of oxime groups is 1. The van der Waals surface area contributed by atoms with Crippen molar-refractivity contribution in [3.63, 3.8) is 0 Å². The van der Waals surface area contributed by atoms with E-state index in [1.165, 1.54) is 0 Å². The summed E-state index contributed by atoms with van der Waals surface area (Å²) in [7, 11) is 0. The lowest BCUT2D eigenvalue weighted by atomic mass is 10.0. The largest absolute Gasteiger partial charge is 0.461 e. The third-order valence-electron chi connectivity index (χ3n) is 2.47. The van der Waals surface area contributed by atoms with Gasteiger partial charge in [0.2, 0.25) is 0 Å². The van der Waals surface area contributed by atoms with E-state index in [1.807, 2.05) is 12.1 Å². The van der Waals surface area contributed by atoms with Crippen LogP contribution in [0.3, 0.4) is 0 Å². The zero-order chi connectivity index (χ0) is 13.0. The van der Waals surface area contributed by atoms with Crippen LogP contribution in [0.2, 0.25) is 0 Å². The Morgan fingerprint density at radius 2 is 2.22 bits per heavy atom. The summed E-state index contributed by atoms with van der Waals surface area (Å²) in [6.07, 6.45) is 1.66. The molecule has 5 heteroatoms. The number of esters is 1. The Hall–Kier alpha value is -2.43. The molecule has 0 bridgehead atoms. The minimum atomic E-state index is -0.656. The maximum atomic E-state index is 11.7. The maximum absolute atomic E-state index is 11.7. The predicted molar refractivity (Wildman–Crippen MR) is 66.7 cm³/mol. The van der Waals surface area contributed by atoms with Gasteiger partial charge in [-0.3, -0.25) is 4.98 Å². The second-order valence-electron chi connectivity index (χ2n) is 3.54. The Balaban J connectivity index is 2.56. The third-order valence-corrected chi connectivity index (χ3v) is 2.47. The van der Waals surface area contributed by atoms with E-state index in [-0.39, 0.29) is 12.3 Å². The van der Waals surface area contributed by atoms with E-state index in [9.17, 15) is 4.79 Å². The van der Waals surface area contributed by atoms with Gasteiger partial charge in [-0.05, 0) is 19.1 Å². The molecule has 0 aliphatic rings. The van der Waals surface area contributed by atoms with Crippen LogP contribution in [0.5, 0.6) is 0 Å². The molecule has 0 amide bonds. The number of hydrogen-bond acceptors (Lipinski definition) is 5. The molecule has 0 unspecified atom stereocenters. The first-order valence-electron chi connectivity index (χ1n) is 5.51. The summed E-state index contributed by atoms with van der Waals surface area (Å²) in [5.41, 5.74) is 1.11. The fourth-order valence-corrected chi connectivity index (χ4v) is 1.71. The molecule has 0 saturated carbocycles. The number of hydrogen-bond donors (Lipinski definition) is 1. The van der Waals surface area contributed by atoms with Crippen molar-refractivity contribution in [2.24, 2.45) is 5.16 Å². The number of carbonyl (C=O) groups is 1. The quantitative estimate of drug-likeness (QED) is 0.388. The van der Waals surface area contributed by atoms with Gasteiger partial charge in [-0.2, -0.15) is 0 Å². The zero-order valence-electron chi connectivity index (χ0n) is 9.83. The third kappa shape index (κ3) is 2.15. The van der Waals surface area contributed by atoms with Crippen molar-refractivity contribution in [3.05, 3.63) is 42.1 Å². The molecule has 2 aromatic rings. The van der Waals surface area contributed by atoms with Gasteiger partial charge in [0.1, 0.15) is 0 Å². The van der Waals surface area contributed by atoms with E-state index in [1.54, 1.807) is 31.3 Å². The number of rotatable bonds is 3. The first-order valence-corrected chi connectivity index (χ1v) is 5.51. The van der Waals surface area contributed by atoms with E-state index in [0.29, 0.717) is 5.56 Å². The first-order chi connectivity index (χ1) is 8.77. The van der Waals surface area contributed by atoms with Crippen molar-refractivity contribution < 1.29 is 14.7 Å². The first kappa shape index (κ1) is 12.0. The second-order valence-corrected chi connectivity index (χ2v) is 3.54. The SMILES string of the molecule is CCOC(=O)/C(=N/O)c1cccc2ncccc12. The van der Waals surface area contributed by atoms with Crippen molar-refractivity contribution in [2.75, 3.05) is 6.61 Å². The summed E-state index contributed by atoms with van der Waals surface area (Å²) < 4.78 is 4.85. The van der Waals surface area contributed by atoms with Gasteiger partial charge in [-0.25, -0.2) is 4.79 Å². The van der Waals surface area contributed by atoms with Gasteiger partial charge in [0.25, 0.3) is 0 Å². The number of carbonyl (C=O) groups excluding carboxylic acids is 1. The minimum absolute atomic E-state index is 0.115. The lowest BCUT2D eigenvalue weighted by molar-refractivity contribution is -0.135. The Morgan fingerprint density at radius 1 is 1.39 bits per heavy atom. The van der Waals surface area contributed by atoms with Crippen molar-refractivity contribution >= 4 is 22.6 Å². The highest BCUT2D eigenvalue weighted by Crippen LogP contribution is 2.17. The smallest absolute Gasteiger partial charge is 0.361 e. The molecule has 2 rings (SSSR count). The molecule has 18 heavy (non-hydrogen) atoms. The van der Waals surface area contributed by atoms with Crippen molar-refractivity contribution in [1.29, 1.82) is 0 Å². The lowest BCUT2D eigenvalue weighted by Gasteiger charge is -2.07. The van der Waals surface area contributed by atoms with E-state index in [2.05, 4.69) is 10.1 Å². The summed E-state index contributed by atoms with van der Waals surface area (Å²) in [5, 5.41) is 12.8. The van der Waals surface area contributed by atoms with Crippen molar-refractivity contribution in [2.45, 2.75) is 6.92 Å². The molecule has 0 saturated heterocycles. The number of pyridine rings is 1. The molecule has 92 valence electrons. The Labute approximate surface area is 104 Å². The van der Waals surface area contributed by atoms with E-state index < -0.39 is 5.97 Å². The van der Waals surface area contributed by atoms with E-state index in [0.717, 1.165) is 10.9 Å². The Bertz CT molecular complexity index is 603. The Kier molecular flexibility index (Phi) is 3.52. The van der Waals surface area contributed by atoms with Crippen LogP contribution in [-0.2, 0) is 9.53 Å². The molecule has 1 N–H and O–H groups in total. The number of aromatic nitrogens is 1. The maximum Gasteiger partial charge on any atom is 0.361 e. The summed E-state index contributed by atoms with van der Waals surface area (Å²) in [4.78, 5) is 15.9. The minimum Gasteiger partial charge on any atom is -0.461 e. The van der Waals surface area contributed by atoms with Gasteiger partial charge in [0.05, 0.1) is 12.1 Å².